The first-order valence-corrected chi connectivity index (χ1v) is 10.2. The first-order chi connectivity index (χ1) is 10.7. The smallest absolute Gasteiger partial charge is 0.222 e. The van der Waals surface area contributed by atoms with E-state index >= 15 is 0 Å². The zero-order chi connectivity index (χ0) is 17.1. The van der Waals surface area contributed by atoms with Crippen LogP contribution in [0.1, 0.15) is 46.0 Å². The van der Waals surface area contributed by atoms with Gasteiger partial charge in [-0.2, -0.15) is 0 Å². The molecular formula is C16H29FN2O3S. The van der Waals surface area contributed by atoms with E-state index in [2.05, 4.69) is 0 Å². The lowest BCUT2D eigenvalue weighted by atomic mass is 9.94. The fourth-order valence-corrected chi connectivity index (χ4v) is 5.37. The number of nitrogens with zero attached hydrogens (tertiary/aromatic N) is 2. The third kappa shape index (κ3) is 5.14. The van der Waals surface area contributed by atoms with Crippen LogP contribution >= 0.6 is 0 Å². The Bertz CT molecular complexity index is 507. The first-order valence-electron chi connectivity index (χ1n) is 8.55. The van der Waals surface area contributed by atoms with Crippen LogP contribution in [-0.4, -0.2) is 62.1 Å². The van der Waals surface area contributed by atoms with E-state index < -0.39 is 22.1 Å². The SMILES string of the molecule is CC(C)(CF)CS(=O)(=O)N1CCC(CC(=O)N2CCCC2)CC1. The Balaban J connectivity index is 1.82. The normalized spacial score (nSPS) is 21.8. The lowest BCUT2D eigenvalue weighted by molar-refractivity contribution is -0.131. The summed E-state index contributed by atoms with van der Waals surface area (Å²) in [6.07, 6.45) is 4.15. The molecule has 2 heterocycles. The topological polar surface area (TPSA) is 57.7 Å². The molecule has 0 bridgehead atoms. The highest BCUT2D eigenvalue weighted by Gasteiger charge is 2.34. The van der Waals surface area contributed by atoms with Crippen LogP contribution in [0.2, 0.25) is 0 Å². The van der Waals surface area contributed by atoms with Crippen LogP contribution < -0.4 is 0 Å². The Morgan fingerprint density at radius 1 is 1.13 bits per heavy atom. The van der Waals surface area contributed by atoms with Gasteiger partial charge in [-0.25, -0.2) is 12.7 Å². The van der Waals surface area contributed by atoms with Gasteiger partial charge in [0.15, 0.2) is 0 Å². The minimum Gasteiger partial charge on any atom is -0.343 e. The monoisotopic (exact) mass is 348 g/mol. The summed E-state index contributed by atoms with van der Waals surface area (Å²) < 4.78 is 39.1. The first kappa shape index (κ1) is 18.6. The number of hydrogen-bond donors (Lipinski definition) is 0. The van der Waals surface area contributed by atoms with Gasteiger partial charge in [-0.05, 0) is 31.6 Å². The highest BCUT2D eigenvalue weighted by Crippen LogP contribution is 2.27. The minimum atomic E-state index is -3.42. The number of amides is 1. The third-order valence-corrected chi connectivity index (χ3v) is 7.12. The van der Waals surface area contributed by atoms with Gasteiger partial charge in [0.2, 0.25) is 15.9 Å². The van der Waals surface area contributed by atoms with Gasteiger partial charge in [0.1, 0.15) is 0 Å². The van der Waals surface area contributed by atoms with Crippen LogP contribution in [0.5, 0.6) is 0 Å². The molecule has 2 aliphatic heterocycles. The molecule has 0 atom stereocenters. The maximum Gasteiger partial charge on any atom is 0.222 e. The maximum absolute atomic E-state index is 12.9. The van der Waals surface area contributed by atoms with Crippen molar-refractivity contribution in [1.82, 2.24) is 9.21 Å². The Kier molecular flexibility index (Phi) is 6.05. The van der Waals surface area contributed by atoms with Crippen LogP contribution in [-0.2, 0) is 14.8 Å². The van der Waals surface area contributed by atoms with Gasteiger partial charge in [0.05, 0.1) is 12.4 Å². The van der Waals surface area contributed by atoms with E-state index in [0.717, 1.165) is 38.8 Å². The Hall–Kier alpha value is -0.690. The van der Waals surface area contributed by atoms with E-state index in [0.29, 0.717) is 19.5 Å². The molecule has 0 radical (unpaired) electrons. The van der Waals surface area contributed by atoms with Crippen molar-refractivity contribution in [1.29, 1.82) is 0 Å². The van der Waals surface area contributed by atoms with Crippen molar-refractivity contribution in [3.8, 4) is 0 Å². The summed E-state index contributed by atoms with van der Waals surface area (Å²) >= 11 is 0. The molecule has 0 unspecified atom stereocenters. The average molecular weight is 348 g/mol. The van der Waals surface area contributed by atoms with Crippen molar-refractivity contribution in [2.24, 2.45) is 11.3 Å². The van der Waals surface area contributed by atoms with E-state index in [4.69, 9.17) is 0 Å². The predicted octanol–water partition coefficient (Wildman–Crippen LogP) is 2.04. The second kappa shape index (κ2) is 7.47. The Morgan fingerprint density at radius 3 is 2.22 bits per heavy atom. The molecular weight excluding hydrogens is 319 g/mol. The predicted molar refractivity (Wildman–Crippen MR) is 88.3 cm³/mol. The van der Waals surface area contributed by atoms with Crippen molar-refractivity contribution >= 4 is 15.9 Å². The molecule has 0 aromatic rings. The van der Waals surface area contributed by atoms with E-state index in [9.17, 15) is 17.6 Å². The Labute approximate surface area is 139 Å². The number of hydrogen-bond acceptors (Lipinski definition) is 3. The Morgan fingerprint density at radius 2 is 1.70 bits per heavy atom. The summed E-state index contributed by atoms with van der Waals surface area (Å²) in [5.41, 5.74) is -0.846. The molecule has 23 heavy (non-hydrogen) atoms. The molecule has 0 aromatic heterocycles. The van der Waals surface area contributed by atoms with Gasteiger partial charge in [-0.3, -0.25) is 9.18 Å². The zero-order valence-electron chi connectivity index (χ0n) is 14.3. The second-order valence-electron chi connectivity index (χ2n) is 7.69. The lowest BCUT2D eigenvalue weighted by Gasteiger charge is -2.33. The lowest BCUT2D eigenvalue weighted by Crippen LogP contribution is -2.43. The number of sulfonamides is 1. The van der Waals surface area contributed by atoms with Gasteiger partial charge >= 0.3 is 0 Å². The summed E-state index contributed by atoms with van der Waals surface area (Å²) in [7, 11) is -3.42. The van der Waals surface area contributed by atoms with Crippen LogP contribution in [0.25, 0.3) is 0 Å². The number of alkyl halides is 1. The molecule has 134 valence electrons. The molecule has 0 aromatic carbocycles. The van der Waals surface area contributed by atoms with Crippen LogP contribution in [0.3, 0.4) is 0 Å². The highest BCUT2D eigenvalue weighted by molar-refractivity contribution is 7.89. The largest absolute Gasteiger partial charge is 0.343 e. The van der Waals surface area contributed by atoms with Gasteiger partial charge in [-0.1, -0.05) is 13.8 Å². The molecule has 5 nitrogen and oxygen atoms in total. The summed E-state index contributed by atoms with van der Waals surface area (Å²) in [6.45, 7) is 5.24. The molecule has 0 saturated carbocycles. The van der Waals surface area contributed by atoms with Crippen LogP contribution in [0.15, 0.2) is 0 Å². The molecule has 2 fully saturated rings. The number of carbonyl (C=O) groups excluding carboxylic acids is 1. The molecule has 0 aliphatic carbocycles. The highest BCUT2D eigenvalue weighted by atomic mass is 32.2. The molecule has 0 spiro atoms. The quantitative estimate of drug-likeness (QED) is 0.738. The van der Waals surface area contributed by atoms with Crippen molar-refractivity contribution in [3.63, 3.8) is 0 Å². The summed E-state index contributed by atoms with van der Waals surface area (Å²) in [5.74, 6) is 0.319. The standard InChI is InChI=1S/C16H29FN2O3S/c1-16(2,12-17)13-23(21,22)19-9-5-14(6-10-19)11-15(20)18-7-3-4-8-18/h14H,3-13H2,1-2H3. The number of likely N-dealkylation sites (tertiary alicyclic amines) is 1. The van der Waals surface area contributed by atoms with Gasteiger partial charge in [-0.15, -0.1) is 0 Å². The van der Waals surface area contributed by atoms with Gasteiger partial charge in [0, 0.05) is 38.0 Å². The zero-order valence-corrected chi connectivity index (χ0v) is 15.1. The van der Waals surface area contributed by atoms with E-state index in [1.807, 2.05) is 4.90 Å². The van der Waals surface area contributed by atoms with Crippen LogP contribution in [0.4, 0.5) is 4.39 Å². The summed E-state index contributed by atoms with van der Waals surface area (Å²) in [4.78, 5) is 14.1. The molecule has 7 heteroatoms. The average Bonchev–Trinajstić information content (AvgIpc) is 3.01. The van der Waals surface area contributed by atoms with Crippen molar-refractivity contribution < 1.29 is 17.6 Å². The molecule has 0 N–H and O–H groups in total. The number of halogens is 1. The van der Waals surface area contributed by atoms with Gasteiger partial charge in [0.25, 0.3) is 0 Å². The fraction of sp³-hybridized carbons (Fsp3) is 0.938. The molecule has 2 saturated heterocycles. The van der Waals surface area contributed by atoms with E-state index in [-0.39, 0.29) is 17.6 Å². The van der Waals surface area contributed by atoms with Crippen molar-refractivity contribution in [2.45, 2.75) is 46.0 Å². The molecule has 1 amide bonds. The number of rotatable bonds is 6. The summed E-state index contributed by atoms with van der Waals surface area (Å²) in [6, 6.07) is 0. The van der Waals surface area contributed by atoms with Gasteiger partial charge < -0.3 is 4.90 Å². The van der Waals surface area contributed by atoms with Crippen molar-refractivity contribution in [3.05, 3.63) is 0 Å². The van der Waals surface area contributed by atoms with E-state index in [1.165, 1.54) is 4.31 Å². The molecule has 2 aliphatic rings. The minimum absolute atomic E-state index is 0.159. The second-order valence-corrected chi connectivity index (χ2v) is 9.66. The number of piperidine rings is 1. The third-order valence-electron chi connectivity index (χ3n) is 4.82. The van der Waals surface area contributed by atoms with Crippen LogP contribution in [0, 0.1) is 11.3 Å². The maximum atomic E-state index is 12.9. The van der Waals surface area contributed by atoms with E-state index in [1.54, 1.807) is 13.8 Å². The fourth-order valence-electron chi connectivity index (χ4n) is 3.36. The number of carbonyl (C=O) groups is 1. The summed E-state index contributed by atoms with van der Waals surface area (Å²) in [5, 5.41) is 0. The molecule has 2 rings (SSSR count). The van der Waals surface area contributed by atoms with Crippen molar-refractivity contribution in [2.75, 3.05) is 38.6 Å².